The third-order valence-electron chi connectivity index (χ3n) is 7.46. The Morgan fingerprint density at radius 3 is 2.16 bits per heavy atom. The van der Waals surface area contributed by atoms with Crippen LogP contribution >= 0.6 is 0 Å². The summed E-state index contributed by atoms with van der Waals surface area (Å²) in [6.45, 7) is 1.42. The number of methoxy groups -OCH3 is 1. The quantitative estimate of drug-likeness (QED) is 0.178. The molecule has 6 heteroatoms. The maximum absolute atomic E-state index is 13.0. The molecule has 0 aliphatic rings. The van der Waals surface area contributed by atoms with Gasteiger partial charge in [-0.2, -0.15) is 0 Å². The molecule has 1 aromatic heterocycles. The fourth-order valence-electron chi connectivity index (χ4n) is 5.17. The molecule has 0 aliphatic heterocycles. The van der Waals surface area contributed by atoms with E-state index >= 15 is 0 Å². The molecular formula is C37H33N3O3. The van der Waals surface area contributed by atoms with Crippen LogP contribution in [0.2, 0.25) is 0 Å². The van der Waals surface area contributed by atoms with Crippen molar-refractivity contribution in [3.05, 3.63) is 150 Å². The SMILES string of the molecule is COc1ccccc1OCc1nc2cc(C(=O)NCCc3ccccc3)ccc2n1Cc1ccc(-c2ccccc2)cc1. The van der Waals surface area contributed by atoms with Gasteiger partial charge in [0.15, 0.2) is 11.5 Å². The van der Waals surface area contributed by atoms with Gasteiger partial charge < -0.3 is 19.4 Å². The van der Waals surface area contributed by atoms with Crippen LogP contribution in [0.15, 0.2) is 127 Å². The number of nitrogens with zero attached hydrogens (tertiary/aromatic N) is 2. The summed E-state index contributed by atoms with van der Waals surface area (Å²) >= 11 is 0. The number of hydrogen-bond acceptors (Lipinski definition) is 4. The van der Waals surface area contributed by atoms with E-state index < -0.39 is 0 Å². The first-order chi connectivity index (χ1) is 21.2. The van der Waals surface area contributed by atoms with Crippen LogP contribution in [-0.4, -0.2) is 29.1 Å². The summed E-state index contributed by atoms with van der Waals surface area (Å²) in [6, 6.07) is 42.3. The lowest BCUT2D eigenvalue weighted by Crippen LogP contribution is -2.25. The van der Waals surface area contributed by atoms with Gasteiger partial charge >= 0.3 is 0 Å². The lowest BCUT2D eigenvalue weighted by atomic mass is 10.0. The molecule has 214 valence electrons. The summed E-state index contributed by atoms with van der Waals surface area (Å²) in [6.07, 6.45) is 0.775. The number of carbonyl (C=O) groups is 1. The van der Waals surface area contributed by atoms with Crippen LogP contribution in [0, 0.1) is 0 Å². The van der Waals surface area contributed by atoms with E-state index in [1.807, 2.05) is 78.9 Å². The first-order valence-electron chi connectivity index (χ1n) is 14.4. The van der Waals surface area contributed by atoms with Crippen molar-refractivity contribution in [1.29, 1.82) is 0 Å². The van der Waals surface area contributed by atoms with Crippen molar-refractivity contribution >= 4 is 16.9 Å². The number of aromatic nitrogens is 2. The Balaban J connectivity index is 1.25. The topological polar surface area (TPSA) is 65.4 Å². The van der Waals surface area contributed by atoms with E-state index in [9.17, 15) is 4.79 Å². The van der Waals surface area contributed by atoms with Crippen LogP contribution in [0.3, 0.4) is 0 Å². The van der Waals surface area contributed by atoms with E-state index in [1.165, 1.54) is 16.7 Å². The van der Waals surface area contributed by atoms with Gasteiger partial charge in [-0.25, -0.2) is 4.98 Å². The number of ether oxygens (including phenoxy) is 2. The highest BCUT2D eigenvalue weighted by atomic mass is 16.5. The van der Waals surface area contributed by atoms with Gasteiger partial charge in [-0.1, -0.05) is 97.1 Å². The van der Waals surface area contributed by atoms with Gasteiger partial charge in [0.1, 0.15) is 12.4 Å². The second-order valence-electron chi connectivity index (χ2n) is 10.3. The Hall–Kier alpha value is -5.36. The molecule has 5 aromatic carbocycles. The number of nitrogens with one attached hydrogen (secondary N) is 1. The number of benzene rings is 5. The largest absolute Gasteiger partial charge is 0.493 e. The number of hydrogen-bond donors (Lipinski definition) is 1. The predicted molar refractivity (Wildman–Crippen MR) is 171 cm³/mol. The lowest BCUT2D eigenvalue weighted by Gasteiger charge is -2.13. The van der Waals surface area contributed by atoms with E-state index in [4.69, 9.17) is 14.5 Å². The van der Waals surface area contributed by atoms with Gasteiger partial charge in [0, 0.05) is 18.7 Å². The molecule has 6 nitrogen and oxygen atoms in total. The van der Waals surface area contributed by atoms with Gasteiger partial charge in [0.25, 0.3) is 5.91 Å². The molecule has 0 saturated carbocycles. The first kappa shape index (κ1) is 27.8. The molecule has 1 N–H and O–H groups in total. The van der Waals surface area contributed by atoms with Crippen molar-refractivity contribution in [3.63, 3.8) is 0 Å². The standard InChI is InChI=1S/C37H33N3O3/c1-42-34-14-8-9-15-35(34)43-26-36-39-32-24-31(37(41)38-23-22-27-10-4-2-5-11-27)20-21-33(32)40(36)25-28-16-18-30(19-17-28)29-12-6-3-7-13-29/h2-21,24H,22-23,25-26H2,1H3,(H,38,41). The fourth-order valence-corrected chi connectivity index (χ4v) is 5.17. The molecular weight excluding hydrogens is 534 g/mol. The zero-order valence-corrected chi connectivity index (χ0v) is 24.1. The van der Waals surface area contributed by atoms with Crippen LogP contribution in [-0.2, 0) is 19.6 Å². The van der Waals surface area contributed by atoms with E-state index in [2.05, 4.69) is 58.4 Å². The van der Waals surface area contributed by atoms with Crippen LogP contribution in [0.25, 0.3) is 22.2 Å². The van der Waals surface area contributed by atoms with Gasteiger partial charge in [-0.3, -0.25) is 4.79 Å². The molecule has 0 radical (unpaired) electrons. The predicted octanol–water partition coefficient (Wildman–Crippen LogP) is 7.31. The Bertz CT molecular complexity index is 1810. The maximum Gasteiger partial charge on any atom is 0.251 e. The van der Waals surface area contributed by atoms with E-state index in [-0.39, 0.29) is 12.5 Å². The zero-order chi connectivity index (χ0) is 29.4. The second-order valence-corrected chi connectivity index (χ2v) is 10.3. The Kier molecular flexibility index (Phi) is 8.46. The third-order valence-corrected chi connectivity index (χ3v) is 7.46. The van der Waals surface area contributed by atoms with Gasteiger partial charge in [-0.15, -0.1) is 0 Å². The maximum atomic E-state index is 13.0. The van der Waals surface area contributed by atoms with Crippen molar-refractivity contribution in [3.8, 4) is 22.6 Å². The monoisotopic (exact) mass is 567 g/mol. The zero-order valence-electron chi connectivity index (χ0n) is 24.1. The average Bonchev–Trinajstić information content (AvgIpc) is 3.41. The first-order valence-corrected chi connectivity index (χ1v) is 14.4. The number of amides is 1. The highest BCUT2D eigenvalue weighted by Crippen LogP contribution is 2.28. The minimum Gasteiger partial charge on any atom is -0.493 e. The van der Waals surface area contributed by atoms with E-state index in [0.717, 1.165) is 28.8 Å². The molecule has 0 aliphatic carbocycles. The van der Waals surface area contributed by atoms with E-state index in [0.29, 0.717) is 30.2 Å². The van der Waals surface area contributed by atoms with Crippen LogP contribution in [0.4, 0.5) is 0 Å². The van der Waals surface area contributed by atoms with Crippen LogP contribution in [0.5, 0.6) is 11.5 Å². The van der Waals surface area contributed by atoms with Crippen molar-refractivity contribution < 1.29 is 14.3 Å². The normalized spacial score (nSPS) is 10.9. The fraction of sp³-hybridized carbons (Fsp3) is 0.135. The molecule has 0 atom stereocenters. The summed E-state index contributed by atoms with van der Waals surface area (Å²) in [7, 11) is 1.63. The summed E-state index contributed by atoms with van der Waals surface area (Å²) in [5, 5.41) is 3.04. The minimum absolute atomic E-state index is 0.115. The van der Waals surface area contributed by atoms with Crippen molar-refractivity contribution in [2.45, 2.75) is 19.6 Å². The summed E-state index contributed by atoms with van der Waals surface area (Å²) in [4.78, 5) is 17.9. The van der Waals surface area contributed by atoms with Crippen molar-refractivity contribution in [2.24, 2.45) is 0 Å². The molecule has 6 rings (SSSR count). The van der Waals surface area contributed by atoms with E-state index in [1.54, 1.807) is 7.11 Å². The van der Waals surface area contributed by atoms with Crippen molar-refractivity contribution in [2.75, 3.05) is 13.7 Å². The number of rotatable bonds is 11. The van der Waals surface area contributed by atoms with Gasteiger partial charge in [-0.05, 0) is 59.0 Å². The molecule has 43 heavy (non-hydrogen) atoms. The molecule has 0 fully saturated rings. The summed E-state index contributed by atoms with van der Waals surface area (Å²) < 4.78 is 13.8. The van der Waals surface area contributed by atoms with Gasteiger partial charge in [0.05, 0.1) is 18.1 Å². The number of para-hydroxylation sites is 2. The smallest absolute Gasteiger partial charge is 0.251 e. The molecule has 0 unspecified atom stereocenters. The Morgan fingerprint density at radius 1 is 0.744 bits per heavy atom. The molecule has 6 aromatic rings. The third kappa shape index (κ3) is 6.60. The highest BCUT2D eigenvalue weighted by Gasteiger charge is 2.16. The second kappa shape index (κ2) is 13.1. The average molecular weight is 568 g/mol. The molecule has 1 amide bonds. The Morgan fingerprint density at radius 2 is 1.42 bits per heavy atom. The molecule has 0 spiro atoms. The number of fused-ring (bicyclic) bond motifs is 1. The molecule has 0 saturated heterocycles. The van der Waals surface area contributed by atoms with Crippen LogP contribution in [0.1, 0.15) is 27.3 Å². The molecule has 1 heterocycles. The highest BCUT2D eigenvalue weighted by molar-refractivity contribution is 5.97. The minimum atomic E-state index is -0.115. The van der Waals surface area contributed by atoms with Gasteiger partial charge in [0.2, 0.25) is 0 Å². The summed E-state index contributed by atoms with van der Waals surface area (Å²) in [5.74, 6) is 1.95. The van der Waals surface area contributed by atoms with Crippen molar-refractivity contribution in [1.82, 2.24) is 14.9 Å². The number of carbonyl (C=O) groups excluding carboxylic acids is 1. The number of imidazole rings is 1. The van der Waals surface area contributed by atoms with Crippen LogP contribution < -0.4 is 14.8 Å². The molecule has 0 bridgehead atoms. The lowest BCUT2D eigenvalue weighted by molar-refractivity contribution is 0.0954. The Labute approximate surface area is 251 Å². The summed E-state index contributed by atoms with van der Waals surface area (Å²) in [5.41, 5.74) is 6.94.